The fourth-order valence-corrected chi connectivity index (χ4v) is 2.65. The first kappa shape index (κ1) is 12.6. The van der Waals surface area contributed by atoms with Gasteiger partial charge in [-0.2, -0.15) is 4.98 Å². The fraction of sp³-hybridized carbons (Fsp3) is 0.333. The van der Waals surface area contributed by atoms with Crippen LogP contribution in [0.2, 0.25) is 0 Å². The molecule has 3 N–H and O–H groups in total. The van der Waals surface area contributed by atoms with Crippen molar-refractivity contribution in [2.24, 2.45) is 5.73 Å². The van der Waals surface area contributed by atoms with Crippen molar-refractivity contribution in [3.05, 3.63) is 28.5 Å². The molecule has 1 aromatic carbocycles. The lowest BCUT2D eigenvalue weighted by Gasteiger charge is -2.11. The molecule has 0 amide bonds. The van der Waals surface area contributed by atoms with Crippen molar-refractivity contribution in [3.63, 3.8) is 0 Å². The van der Waals surface area contributed by atoms with E-state index < -0.39 is 0 Å². The topological polar surface area (TPSA) is 70.8 Å². The lowest BCUT2D eigenvalue weighted by Crippen LogP contribution is -2.26. The summed E-state index contributed by atoms with van der Waals surface area (Å²) in [6.07, 6.45) is 0.940. The van der Waals surface area contributed by atoms with Crippen molar-refractivity contribution < 1.29 is 4.39 Å². The van der Waals surface area contributed by atoms with Gasteiger partial charge in [0.25, 0.3) is 0 Å². The van der Waals surface area contributed by atoms with Crippen LogP contribution >= 0.6 is 15.9 Å². The number of H-pyrrole nitrogens is 1. The first-order valence-electron chi connectivity index (χ1n) is 6.01. The molecule has 100 valence electrons. The van der Waals surface area contributed by atoms with Crippen LogP contribution in [0.5, 0.6) is 0 Å². The van der Waals surface area contributed by atoms with Crippen LogP contribution in [-0.2, 0) is 0 Å². The monoisotopic (exact) mass is 325 g/mol. The maximum absolute atomic E-state index is 13.4. The predicted octanol–water partition coefficient (Wildman–Crippen LogP) is 1.91. The Morgan fingerprint density at radius 1 is 1.42 bits per heavy atom. The first-order chi connectivity index (χ1) is 9.11. The lowest BCUT2D eigenvalue weighted by molar-refractivity contribution is 0.627. The molecule has 1 fully saturated rings. The van der Waals surface area contributed by atoms with Crippen molar-refractivity contribution in [3.8, 4) is 11.4 Å². The quantitative estimate of drug-likeness (QED) is 0.884. The Hall–Kier alpha value is -1.47. The highest BCUT2D eigenvalue weighted by molar-refractivity contribution is 9.10. The van der Waals surface area contributed by atoms with Gasteiger partial charge in [0.15, 0.2) is 5.82 Å². The van der Waals surface area contributed by atoms with Gasteiger partial charge in [-0.3, -0.25) is 5.10 Å². The number of aromatic nitrogens is 3. The minimum atomic E-state index is -0.314. The molecule has 0 bridgehead atoms. The molecule has 1 aliphatic heterocycles. The second-order valence-corrected chi connectivity index (χ2v) is 5.55. The number of anilines is 1. The summed E-state index contributed by atoms with van der Waals surface area (Å²) in [5.74, 6) is 0.851. The van der Waals surface area contributed by atoms with E-state index in [1.54, 1.807) is 6.07 Å². The van der Waals surface area contributed by atoms with Crippen LogP contribution in [0.4, 0.5) is 10.3 Å². The molecular formula is C12H13BrFN5. The van der Waals surface area contributed by atoms with Gasteiger partial charge in [-0.15, -0.1) is 5.10 Å². The molecule has 1 unspecified atom stereocenters. The van der Waals surface area contributed by atoms with Crippen LogP contribution in [0.25, 0.3) is 11.4 Å². The zero-order valence-corrected chi connectivity index (χ0v) is 11.7. The third-order valence-corrected chi connectivity index (χ3v) is 3.57. The summed E-state index contributed by atoms with van der Waals surface area (Å²) in [6, 6.07) is 4.79. The number of benzene rings is 1. The summed E-state index contributed by atoms with van der Waals surface area (Å²) in [5, 5.41) is 7.00. The highest BCUT2D eigenvalue weighted by Crippen LogP contribution is 2.24. The highest BCUT2D eigenvalue weighted by atomic mass is 79.9. The number of nitrogens with two attached hydrogens (primary N) is 1. The highest BCUT2D eigenvalue weighted by Gasteiger charge is 2.22. The zero-order valence-electron chi connectivity index (χ0n) is 10.1. The van der Waals surface area contributed by atoms with Crippen LogP contribution in [0.3, 0.4) is 0 Å². The van der Waals surface area contributed by atoms with Gasteiger partial charge in [0.1, 0.15) is 5.82 Å². The molecule has 3 rings (SSSR count). The van der Waals surface area contributed by atoms with Crippen molar-refractivity contribution in [1.82, 2.24) is 15.2 Å². The Kier molecular flexibility index (Phi) is 3.24. The number of rotatable bonds is 2. The molecule has 1 saturated heterocycles. The minimum absolute atomic E-state index is 0.172. The molecule has 0 saturated carbocycles. The second kappa shape index (κ2) is 4.90. The van der Waals surface area contributed by atoms with E-state index in [0.29, 0.717) is 21.8 Å². The van der Waals surface area contributed by atoms with Gasteiger partial charge in [0, 0.05) is 29.2 Å². The molecule has 2 aromatic rings. The summed E-state index contributed by atoms with van der Waals surface area (Å²) < 4.78 is 14.0. The number of hydrogen-bond donors (Lipinski definition) is 2. The van der Waals surface area contributed by atoms with Crippen LogP contribution in [0.15, 0.2) is 22.7 Å². The third-order valence-electron chi connectivity index (χ3n) is 3.12. The standard InChI is InChI=1S/C12H13BrFN5/c13-8-3-7(4-9(14)5-8)11-16-12(18-17-11)19-2-1-10(15)6-19/h3-5,10H,1-2,6,15H2,(H,16,17,18). The smallest absolute Gasteiger partial charge is 0.245 e. The summed E-state index contributed by atoms with van der Waals surface area (Å²) >= 11 is 3.26. The van der Waals surface area contributed by atoms with Gasteiger partial charge in [-0.05, 0) is 24.6 Å². The van der Waals surface area contributed by atoms with E-state index >= 15 is 0 Å². The van der Waals surface area contributed by atoms with E-state index in [2.05, 4.69) is 31.1 Å². The minimum Gasteiger partial charge on any atom is -0.338 e. The Morgan fingerprint density at radius 2 is 2.26 bits per heavy atom. The average Bonchev–Trinajstić information content (AvgIpc) is 2.95. The van der Waals surface area contributed by atoms with Gasteiger partial charge in [0.2, 0.25) is 5.95 Å². The molecule has 7 heteroatoms. The number of nitrogens with zero attached hydrogens (tertiary/aromatic N) is 3. The molecule has 1 aliphatic rings. The number of halogens is 2. The maximum atomic E-state index is 13.4. The SMILES string of the molecule is NC1CCN(c2n[nH]c(-c3cc(F)cc(Br)c3)n2)C1. The molecule has 1 aromatic heterocycles. The maximum Gasteiger partial charge on any atom is 0.245 e. The normalized spacial score (nSPS) is 19.1. The summed E-state index contributed by atoms with van der Waals surface area (Å²) in [4.78, 5) is 6.42. The number of nitrogens with one attached hydrogen (secondary N) is 1. The molecule has 1 atom stereocenters. The molecule has 2 heterocycles. The predicted molar refractivity (Wildman–Crippen MR) is 74.3 cm³/mol. The van der Waals surface area contributed by atoms with E-state index in [9.17, 15) is 4.39 Å². The van der Waals surface area contributed by atoms with Gasteiger partial charge in [-0.25, -0.2) is 4.39 Å². The van der Waals surface area contributed by atoms with Gasteiger partial charge < -0.3 is 10.6 Å². The van der Waals surface area contributed by atoms with Crippen LogP contribution < -0.4 is 10.6 Å². The fourth-order valence-electron chi connectivity index (χ4n) is 2.18. The van der Waals surface area contributed by atoms with Gasteiger partial charge in [-0.1, -0.05) is 15.9 Å². The van der Waals surface area contributed by atoms with Crippen molar-refractivity contribution in [2.75, 3.05) is 18.0 Å². The molecule has 0 aliphatic carbocycles. The van der Waals surface area contributed by atoms with Crippen molar-refractivity contribution in [2.45, 2.75) is 12.5 Å². The van der Waals surface area contributed by atoms with Crippen molar-refractivity contribution in [1.29, 1.82) is 0 Å². The van der Waals surface area contributed by atoms with Crippen LogP contribution in [-0.4, -0.2) is 34.3 Å². The number of aromatic amines is 1. The summed E-state index contributed by atoms with van der Waals surface area (Å²) in [5.41, 5.74) is 6.52. The third kappa shape index (κ3) is 2.62. The molecule has 0 radical (unpaired) electrons. The lowest BCUT2D eigenvalue weighted by atomic mass is 10.2. The Bertz CT molecular complexity index is 579. The van der Waals surface area contributed by atoms with Crippen molar-refractivity contribution >= 4 is 21.9 Å². The van der Waals surface area contributed by atoms with E-state index in [-0.39, 0.29) is 11.9 Å². The number of hydrogen-bond acceptors (Lipinski definition) is 4. The summed E-state index contributed by atoms with van der Waals surface area (Å²) in [7, 11) is 0. The van der Waals surface area contributed by atoms with E-state index in [1.807, 2.05) is 4.90 Å². The van der Waals surface area contributed by atoms with Gasteiger partial charge >= 0.3 is 0 Å². The average molecular weight is 326 g/mol. The first-order valence-corrected chi connectivity index (χ1v) is 6.80. The van der Waals surface area contributed by atoms with Crippen LogP contribution in [0, 0.1) is 5.82 Å². The van der Waals surface area contributed by atoms with Crippen LogP contribution in [0.1, 0.15) is 6.42 Å². The second-order valence-electron chi connectivity index (χ2n) is 4.64. The Labute approximate surface area is 118 Å². The summed E-state index contributed by atoms with van der Waals surface area (Å²) in [6.45, 7) is 1.61. The molecular weight excluding hydrogens is 313 g/mol. The molecule has 0 spiro atoms. The van der Waals surface area contributed by atoms with E-state index in [4.69, 9.17) is 5.73 Å². The molecule has 5 nitrogen and oxygen atoms in total. The Morgan fingerprint density at radius 3 is 2.95 bits per heavy atom. The Balaban J connectivity index is 1.88. The zero-order chi connectivity index (χ0) is 13.4. The largest absolute Gasteiger partial charge is 0.338 e. The van der Waals surface area contributed by atoms with E-state index in [1.165, 1.54) is 12.1 Å². The molecule has 19 heavy (non-hydrogen) atoms. The van der Waals surface area contributed by atoms with E-state index in [0.717, 1.165) is 19.5 Å². The van der Waals surface area contributed by atoms with Gasteiger partial charge in [0.05, 0.1) is 0 Å².